The number of imidazole rings is 1. The lowest BCUT2D eigenvalue weighted by atomic mass is 10.1. The van der Waals surface area contributed by atoms with E-state index in [0.29, 0.717) is 47.9 Å². The molecule has 1 fully saturated rings. The number of benzene rings is 1. The van der Waals surface area contributed by atoms with E-state index in [1.54, 1.807) is 27.0 Å². The zero-order valence-corrected chi connectivity index (χ0v) is 22.5. The first-order chi connectivity index (χ1) is 18.1. The Morgan fingerprint density at radius 2 is 2.03 bits per heavy atom. The number of H-pyrrole nitrogens is 1. The number of aromatic nitrogens is 4. The van der Waals surface area contributed by atoms with Crippen LogP contribution in [-0.4, -0.2) is 88.2 Å². The Labute approximate surface area is 219 Å². The van der Waals surface area contributed by atoms with Gasteiger partial charge in [-0.05, 0) is 45.5 Å². The van der Waals surface area contributed by atoms with Crippen molar-refractivity contribution >= 4 is 15.5 Å². The Morgan fingerprint density at radius 3 is 2.68 bits per heavy atom. The first kappa shape index (κ1) is 27.5. The van der Waals surface area contributed by atoms with Crippen molar-refractivity contribution in [1.82, 2.24) is 28.8 Å². The van der Waals surface area contributed by atoms with Crippen LogP contribution in [0.15, 0.2) is 27.9 Å². The van der Waals surface area contributed by atoms with Crippen molar-refractivity contribution in [3.63, 3.8) is 0 Å². The van der Waals surface area contributed by atoms with Crippen molar-refractivity contribution in [2.75, 3.05) is 39.9 Å². The molecule has 1 saturated heterocycles. The summed E-state index contributed by atoms with van der Waals surface area (Å²) < 4.78 is 35.4. The van der Waals surface area contributed by atoms with Crippen LogP contribution in [-0.2, 0) is 21.3 Å². The minimum absolute atomic E-state index is 0.0343. The van der Waals surface area contributed by atoms with E-state index in [-0.39, 0.29) is 42.0 Å². The Morgan fingerprint density at radius 1 is 1.29 bits per heavy atom. The van der Waals surface area contributed by atoms with Crippen LogP contribution in [0.5, 0.6) is 5.75 Å². The monoisotopic (exact) mass is 549 g/mol. The number of rotatable bonds is 12. The summed E-state index contributed by atoms with van der Waals surface area (Å²) in [5.74, 6) is 1.20. The summed E-state index contributed by atoms with van der Waals surface area (Å²) >= 11 is 0. The van der Waals surface area contributed by atoms with Gasteiger partial charge in [0.1, 0.15) is 18.2 Å². The summed E-state index contributed by atoms with van der Waals surface area (Å²) in [7, 11) is -2.10. The van der Waals surface area contributed by atoms with E-state index < -0.39 is 15.1 Å². The van der Waals surface area contributed by atoms with Gasteiger partial charge in [-0.3, -0.25) is 9.69 Å². The van der Waals surface area contributed by atoms with E-state index in [0.717, 1.165) is 6.42 Å². The van der Waals surface area contributed by atoms with Crippen molar-refractivity contribution in [2.24, 2.45) is 0 Å². The van der Waals surface area contributed by atoms with Gasteiger partial charge in [0.25, 0.3) is 10.6 Å². The first-order valence-corrected chi connectivity index (χ1v) is 13.7. The Balaban J connectivity index is 1.64. The fourth-order valence-corrected chi connectivity index (χ4v) is 5.90. The lowest BCUT2D eigenvalue weighted by Gasteiger charge is -2.42. The summed E-state index contributed by atoms with van der Waals surface area (Å²) in [5, 5.41) is 14.1. The molecule has 0 radical (unpaired) electrons. The topological polar surface area (TPSA) is 165 Å². The molecule has 1 aliphatic rings. The van der Waals surface area contributed by atoms with Gasteiger partial charge in [-0.2, -0.15) is 4.31 Å². The third kappa shape index (κ3) is 5.35. The van der Waals surface area contributed by atoms with Gasteiger partial charge in [0.15, 0.2) is 11.3 Å². The molecule has 3 heterocycles. The average Bonchev–Trinajstić information content (AvgIpc) is 3.13. The van der Waals surface area contributed by atoms with Gasteiger partial charge in [0.2, 0.25) is 10.0 Å². The SMILES string of the molecule is CCCc1nc(C)c2c(=O)[nH]c(-c3cc(S(=O)(=O)N4CC(N(C)CCO[N+](=O)[O-])C4)ccc3OCC)nn12. The molecule has 0 atom stereocenters. The quantitative estimate of drug-likeness (QED) is 0.257. The maximum absolute atomic E-state index is 13.4. The molecule has 206 valence electrons. The predicted octanol–water partition coefficient (Wildman–Crippen LogP) is 1.26. The Hall–Kier alpha value is -3.56. The number of nitrogens with zero attached hydrogens (tertiary/aromatic N) is 6. The molecule has 0 amide bonds. The second-order valence-corrected chi connectivity index (χ2v) is 11.0. The van der Waals surface area contributed by atoms with Gasteiger partial charge < -0.3 is 14.6 Å². The van der Waals surface area contributed by atoms with E-state index in [9.17, 15) is 23.3 Å². The molecule has 1 aliphatic heterocycles. The van der Waals surface area contributed by atoms with Gasteiger partial charge in [-0.15, -0.1) is 15.2 Å². The van der Waals surface area contributed by atoms with Crippen LogP contribution in [0.4, 0.5) is 0 Å². The van der Waals surface area contributed by atoms with Crippen molar-refractivity contribution in [2.45, 2.75) is 44.6 Å². The highest BCUT2D eigenvalue weighted by atomic mass is 32.2. The van der Waals surface area contributed by atoms with Crippen LogP contribution in [0.1, 0.15) is 31.8 Å². The molecule has 3 aromatic rings. The molecule has 15 heteroatoms. The fourth-order valence-electron chi connectivity index (χ4n) is 4.36. The minimum atomic E-state index is -3.86. The third-order valence-corrected chi connectivity index (χ3v) is 8.28. The maximum Gasteiger partial charge on any atom is 0.294 e. The van der Waals surface area contributed by atoms with Crippen molar-refractivity contribution in [3.05, 3.63) is 50.2 Å². The molecule has 4 rings (SSSR count). The zero-order chi connectivity index (χ0) is 27.6. The number of aryl methyl sites for hydroxylation is 2. The molecule has 0 spiro atoms. The van der Waals surface area contributed by atoms with Gasteiger partial charge in [0, 0.05) is 32.1 Å². The largest absolute Gasteiger partial charge is 0.493 e. The lowest BCUT2D eigenvalue weighted by molar-refractivity contribution is -0.757. The molecular formula is C23H31N7O7S. The van der Waals surface area contributed by atoms with Crippen molar-refractivity contribution in [3.8, 4) is 17.1 Å². The van der Waals surface area contributed by atoms with Crippen LogP contribution >= 0.6 is 0 Å². The smallest absolute Gasteiger partial charge is 0.294 e. The van der Waals surface area contributed by atoms with Gasteiger partial charge in [-0.1, -0.05) is 6.92 Å². The fraction of sp³-hybridized carbons (Fsp3) is 0.522. The molecule has 38 heavy (non-hydrogen) atoms. The summed E-state index contributed by atoms with van der Waals surface area (Å²) in [4.78, 5) is 36.7. The highest BCUT2D eigenvalue weighted by molar-refractivity contribution is 7.89. The average molecular weight is 550 g/mol. The maximum atomic E-state index is 13.4. The number of ether oxygens (including phenoxy) is 1. The number of nitrogens with one attached hydrogen (secondary N) is 1. The molecular weight excluding hydrogens is 518 g/mol. The van der Waals surface area contributed by atoms with E-state index in [1.807, 2.05) is 11.8 Å². The first-order valence-electron chi connectivity index (χ1n) is 12.3. The molecule has 0 saturated carbocycles. The number of hydrogen-bond acceptors (Lipinski definition) is 10. The van der Waals surface area contributed by atoms with Crippen molar-refractivity contribution in [1.29, 1.82) is 0 Å². The molecule has 1 aromatic carbocycles. The summed E-state index contributed by atoms with van der Waals surface area (Å²) in [6.45, 7) is 6.55. The van der Waals surface area contributed by atoms with Crippen molar-refractivity contribution < 1.29 is 23.1 Å². The standard InChI is InChI=1S/C23H31N7O7S/c1-5-7-20-24-15(3)21-23(31)25-22(26-29(20)21)18-12-17(8-9-19(18)36-6-2)38(34,35)28-13-16(14-28)27(4)10-11-37-30(32)33/h8-9,12,16H,5-7,10-11,13-14H2,1-4H3,(H,25,26,31). The second kappa shape index (κ2) is 11.0. The van der Waals surface area contributed by atoms with Gasteiger partial charge in [-0.25, -0.2) is 17.9 Å². The highest BCUT2D eigenvalue weighted by Gasteiger charge is 2.39. The number of fused-ring (bicyclic) bond motifs is 1. The van der Waals surface area contributed by atoms with Crippen LogP contribution in [0.25, 0.3) is 16.9 Å². The summed E-state index contributed by atoms with van der Waals surface area (Å²) in [6.07, 6.45) is 1.44. The Kier molecular flexibility index (Phi) is 7.99. The number of likely N-dealkylation sites (N-methyl/N-ethyl adjacent to an activating group) is 1. The number of sulfonamides is 1. The highest BCUT2D eigenvalue weighted by Crippen LogP contribution is 2.33. The molecule has 1 N–H and O–H groups in total. The normalized spacial score (nSPS) is 14.7. The second-order valence-electron chi connectivity index (χ2n) is 9.03. The predicted molar refractivity (Wildman–Crippen MR) is 137 cm³/mol. The number of aromatic amines is 1. The van der Waals surface area contributed by atoms with Gasteiger partial charge >= 0.3 is 0 Å². The van der Waals surface area contributed by atoms with E-state index in [4.69, 9.17) is 4.74 Å². The van der Waals surface area contributed by atoms with Crippen LogP contribution in [0.2, 0.25) is 0 Å². The molecule has 0 aliphatic carbocycles. The number of hydrogen-bond donors (Lipinski definition) is 1. The molecule has 2 aromatic heterocycles. The van der Waals surface area contributed by atoms with E-state index in [1.165, 1.54) is 21.0 Å². The zero-order valence-electron chi connectivity index (χ0n) is 21.7. The lowest BCUT2D eigenvalue weighted by Crippen LogP contribution is -2.60. The summed E-state index contributed by atoms with van der Waals surface area (Å²) in [6, 6.07) is 4.38. The van der Waals surface area contributed by atoms with Gasteiger partial charge in [0.05, 0.1) is 22.8 Å². The van der Waals surface area contributed by atoms with Crippen LogP contribution in [0.3, 0.4) is 0 Å². The molecule has 14 nitrogen and oxygen atoms in total. The molecule has 0 unspecified atom stereocenters. The van der Waals surface area contributed by atoms with Crippen LogP contribution in [0, 0.1) is 17.0 Å². The minimum Gasteiger partial charge on any atom is -0.493 e. The molecule has 0 bridgehead atoms. The summed E-state index contributed by atoms with van der Waals surface area (Å²) in [5.41, 5.74) is 0.871. The van der Waals surface area contributed by atoms with Crippen LogP contribution < -0.4 is 10.3 Å². The van der Waals surface area contributed by atoms with E-state index >= 15 is 0 Å². The van der Waals surface area contributed by atoms with E-state index in [2.05, 4.69) is 19.9 Å². The third-order valence-electron chi connectivity index (χ3n) is 6.45. The Bertz CT molecular complexity index is 1500.